The third-order valence-electron chi connectivity index (χ3n) is 3.95. The molecule has 1 saturated heterocycles. The van der Waals surface area contributed by atoms with E-state index < -0.39 is 11.7 Å². The third kappa shape index (κ3) is 3.42. The van der Waals surface area contributed by atoms with Gasteiger partial charge in [-0.05, 0) is 67.2 Å². The van der Waals surface area contributed by atoms with E-state index in [4.69, 9.17) is 0 Å². The van der Waals surface area contributed by atoms with Crippen LogP contribution in [0.3, 0.4) is 0 Å². The smallest absolute Gasteiger partial charge is 0.333 e. The fraction of sp³-hybridized carbons (Fsp3) is 0.533. The molecule has 2 rings (SSSR count). The number of piperidine rings is 1. The van der Waals surface area contributed by atoms with Crippen LogP contribution in [0.25, 0.3) is 0 Å². The summed E-state index contributed by atoms with van der Waals surface area (Å²) in [5.41, 5.74) is -0.725. The highest BCUT2D eigenvalue weighted by atomic mass is 79.9. The topological polar surface area (TPSA) is 20.3 Å². The van der Waals surface area contributed by atoms with E-state index in [0.717, 1.165) is 31.4 Å². The lowest BCUT2D eigenvalue weighted by Gasteiger charge is -2.39. The first-order chi connectivity index (χ1) is 9.71. The molecule has 0 bridgehead atoms. The van der Waals surface area contributed by atoms with Gasteiger partial charge in [-0.15, -0.1) is 0 Å². The second kappa shape index (κ2) is 5.99. The lowest BCUT2D eigenvalue weighted by Crippen LogP contribution is -2.47. The van der Waals surface area contributed by atoms with Crippen molar-refractivity contribution in [3.05, 3.63) is 33.8 Å². The summed E-state index contributed by atoms with van der Waals surface area (Å²) >= 11 is 3.19. The Morgan fingerprint density at radius 2 is 1.81 bits per heavy atom. The Morgan fingerprint density at radius 3 is 2.33 bits per heavy atom. The Bertz CT molecular complexity index is 534. The summed E-state index contributed by atoms with van der Waals surface area (Å²) in [7, 11) is 0. The number of rotatable bonds is 1. The van der Waals surface area contributed by atoms with Gasteiger partial charge in [0.05, 0.1) is 11.1 Å². The van der Waals surface area contributed by atoms with Crippen LogP contribution in [0.4, 0.5) is 13.2 Å². The van der Waals surface area contributed by atoms with Crippen LogP contribution in [0, 0.1) is 0 Å². The maximum absolute atomic E-state index is 12.8. The fourth-order valence-electron chi connectivity index (χ4n) is 2.83. The Hall–Kier alpha value is -1.04. The number of amides is 1. The van der Waals surface area contributed by atoms with Crippen molar-refractivity contribution >= 4 is 21.8 Å². The summed E-state index contributed by atoms with van der Waals surface area (Å²) in [4.78, 5) is 14.3. The molecule has 0 aromatic heterocycles. The van der Waals surface area contributed by atoms with Crippen LogP contribution >= 0.6 is 15.9 Å². The molecule has 2 nitrogen and oxygen atoms in total. The number of nitrogens with zero attached hydrogens (tertiary/aromatic N) is 1. The minimum absolute atomic E-state index is 0.0442. The Balaban J connectivity index is 2.38. The molecule has 0 saturated carbocycles. The predicted octanol–water partition coefficient (Wildman–Crippen LogP) is 4.87. The molecular weight excluding hydrogens is 347 g/mol. The van der Waals surface area contributed by atoms with Crippen molar-refractivity contribution in [2.45, 2.75) is 51.4 Å². The summed E-state index contributed by atoms with van der Waals surface area (Å²) in [5.74, 6) is -0.340. The minimum Gasteiger partial charge on any atom is -0.333 e. The van der Waals surface area contributed by atoms with Gasteiger partial charge in [0.2, 0.25) is 0 Å². The average molecular weight is 364 g/mol. The molecule has 0 unspecified atom stereocenters. The molecule has 116 valence electrons. The van der Waals surface area contributed by atoms with Crippen molar-refractivity contribution in [2.24, 2.45) is 0 Å². The molecule has 2 atom stereocenters. The molecule has 1 fully saturated rings. The van der Waals surface area contributed by atoms with Crippen molar-refractivity contribution in [3.63, 3.8) is 0 Å². The number of carbonyl (C=O) groups excluding carboxylic acids is 1. The average Bonchev–Trinajstić information content (AvgIpc) is 2.37. The molecule has 1 heterocycles. The van der Waals surface area contributed by atoms with Gasteiger partial charge in [0.1, 0.15) is 0 Å². The van der Waals surface area contributed by atoms with E-state index in [1.807, 2.05) is 13.8 Å². The zero-order valence-corrected chi connectivity index (χ0v) is 13.5. The highest BCUT2D eigenvalue weighted by Gasteiger charge is 2.34. The SMILES string of the molecule is C[C@@H]1CCC[C@H](C)N1C(=O)c1cc(C(F)(F)F)ccc1Br. The number of halogens is 4. The monoisotopic (exact) mass is 363 g/mol. The maximum atomic E-state index is 12.8. The maximum Gasteiger partial charge on any atom is 0.416 e. The van der Waals surface area contributed by atoms with E-state index in [1.165, 1.54) is 6.07 Å². The minimum atomic E-state index is -4.45. The number of hydrogen-bond donors (Lipinski definition) is 0. The Labute approximate surface area is 130 Å². The number of carbonyl (C=O) groups is 1. The van der Waals surface area contributed by atoms with Gasteiger partial charge in [-0.2, -0.15) is 13.2 Å². The van der Waals surface area contributed by atoms with Crippen molar-refractivity contribution < 1.29 is 18.0 Å². The molecular formula is C15H17BrF3NO. The van der Waals surface area contributed by atoms with Crippen LogP contribution < -0.4 is 0 Å². The summed E-state index contributed by atoms with van der Waals surface area (Å²) in [6.45, 7) is 3.88. The first-order valence-corrected chi connectivity index (χ1v) is 7.70. The molecule has 21 heavy (non-hydrogen) atoms. The molecule has 6 heteroatoms. The van der Waals surface area contributed by atoms with E-state index in [2.05, 4.69) is 15.9 Å². The van der Waals surface area contributed by atoms with Gasteiger partial charge < -0.3 is 4.90 Å². The van der Waals surface area contributed by atoms with Crippen LogP contribution in [0.2, 0.25) is 0 Å². The van der Waals surface area contributed by atoms with E-state index in [0.29, 0.717) is 4.47 Å². The molecule has 0 N–H and O–H groups in total. The van der Waals surface area contributed by atoms with Crippen LogP contribution in [-0.4, -0.2) is 22.9 Å². The first-order valence-electron chi connectivity index (χ1n) is 6.91. The van der Waals surface area contributed by atoms with E-state index >= 15 is 0 Å². The van der Waals surface area contributed by atoms with Crippen molar-refractivity contribution in [3.8, 4) is 0 Å². The van der Waals surface area contributed by atoms with Gasteiger partial charge in [0.15, 0.2) is 0 Å². The molecule has 1 aliphatic rings. The van der Waals surface area contributed by atoms with E-state index in [9.17, 15) is 18.0 Å². The van der Waals surface area contributed by atoms with Gasteiger partial charge in [-0.25, -0.2) is 0 Å². The Morgan fingerprint density at radius 1 is 1.24 bits per heavy atom. The van der Waals surface area contributed by atoms with Crippen molar-refractivity contribution in [1.29, 1.82) is 0 Å². The largest absolute Gasteiger partial charge is 0.416 e. The molecule has 1 aliphatic heterocycles. The van der Waals surface area contributed by atoms with Crippen LogP contribution in [0.5, 0.6) is 0 Å². The quantitative estimate of drug-likeness (QED) is 0.696. The van der Waals surface area contributed by atoms with Crippen LogP contribution in [0.15, 0.2) is 22.7 Å². The lowest BCUT2D eigenvalue weighted by atomic mass is 9.96. The standard InChI is InChI=1S/C15H17BrF3NO/c1-9-4-3-5-10(2)20(9)14(21)12-8-11(15(17,18)19)6-7-13(12)16/h6-10H,3-5H2,1-2H3/t9-,10+. The van der Waals surface area contributed by atoms with E-state index in [1.54, 1.807) is 4.90 Å². The van der Waals surface area contributed by atoms with Gasteiger partial charge in [0, 0.05) is 16.6 Å². The van der Waals surface area contributed by atoms with Gasteiger partial charge >= 0.3 is 6.18 Å². The van der Waals surface area contributed by atoms with Gasteiger partial charge in [0.25, 0.3) is 5.91 Å². The van der Waals surface area contributed by atoms with Gasteiger partial charge in [-0.1, -0.05) is 0 Å². The highest BCUT2D eigenvalue weighted by molar-refractivity contribution is 9.10. The molecule has 1 amide bonds. The number of alkyl halides is 3. The second-order valence-corrected chi connectivity index (χ2v) is 6.39. The zero-order valence-electron chi connectivity index (χ0n) is 11.9. The molecule has 0 radical (unpaired) electrons. The number of hydrogen-bond acceptors (Lipinski definition) is 1. The van der Waals surface area contributed by atoms with Crippen molar-refractivity contribution in [1.82, 2.24) is 4.90 Å². The zero-order chi connectivity index (χ0) is 15.8. The Kier molecular flexibility index (Phi) is 4.66. The summed E-state index contributed by atoms with van der Waals surface area (Å²) in [5, 5.41) is 0. The summed E-state index contributed by atoms with van der Waals surface area (Å²) < 4.78 is 38.8. The normalized spacial score (nSPS) is 23.2. The lowest BCUT2D eigenvalue weighted by molar-refractivity contribution is -0.137. The van der Waals surface area contributed by atoms with Gasteiger partial charge in [-0.3, -0.25) is 4.79 Å². The number of likely N-dealkylation sites (tertiary alicyclic amines) is 1. The fourth-order valence-corrected chi connectivity index (χ4v) is 3.24. The third-order valence-corrected chi connectivity index (χ3v) is 4.64. The molecule has 1 aromatic rings. The van der Waals surface area contributed by atoms with Crippen molar-refractivity contribution in [2.75, 3.05) is 0 Å². The second-order valence-electron chi connectivity index (χ2n) is 5.53. The van der Waals surface area contributed by atoms with Crippen LogP contribution in [0.1, 0.15) is 49.0 Å². The predicted molar refractivity (Wildman–Crippen MR) is 78.1 cm³/mol. The summed E-state index contributed by atoms with van der Waals surface area (Å²) in [6.07, 6.45) is -1.65. The van der Waals surface area contributed by atoms with E-state index in [-0.39, 0.29) is 23.6 Å². The number of benzene rings is 1. The highest BCUT2D eigenvalue weighted by Crippen LogP contribution is 2.33. The molecule has 0 aliphatic carbocycles. The first kappa shape index (κ1) is 16.3. The molecule has 1 aromatic carbocycles. The molecule has 0 spiro atoms. The van der Waals surface area contributed by atoms with Crippen LogP contribution in [-0.2, 0) is 6.18 Å². The summed E-state index contributed by atoms with van der Waals surface area (Å²) in [6, 6.07) is 3.28.